The Morgan fingerprint density at radius 2 is 0.680 bits per heavy atom. The summed E-state index contributed by atoms with van der Waals surface area (Å²) in [6.45, 7) is 8.96. The summed E-state index contributed by atoms with van der Waals surface area (Å²) in [4.78, 5) is 45.5. The minimum atomic E-state index is -0.882. The van der Waals surface area contributed by atoms with Crippen molar-refractivity contribution in [3.05, 3.63) is 186 Å². The standard InChI is InChI=1S/C86H108F2N4O8/c1-4-7-10-13-15-24-33-67-62-89-84(90-63-67)71-42-48-74(49-43-71)96-57-28-19-20-30-59-98-76-52-53-79(86(94)99-60-31-22-21-29-58-97-75-50-44-72(45-51-75)85-91-64-68(65-92-85)34-25-16-14-11-8-5-2)80(61-76)100-81(93)35-26-17-18-27-56-95-73-46-40-70(41-47-73)78-55-54-77(82(87)83(78)88)69-38-36-66(37-39-69)32-23-12-9-6-3/h36-55,61-65H,4-35,56-60H2,1-3H3. The molecule has 0 N–H and O–H groups in total. The van der Waals surface area contributed by atoms with E-state index in [-0.39, 0.29) is 35.5 Å². The van der Waals surface area contributed by atoms with Gasteiger partial charge in [0.15, 0.2) is 23.3 Å². The highest BCUT2D eigenvalue weighted by molar-refractivity contribution is 5.94. The van der Waals surface area contributed by atoms with Crippen molar-refractivity contribution in [2.45, 2.75) is 226 Å². The maximum Gasteiger partial charge on any atom is 0.341 e. The van der Waals surface area contributed by atoms with Crippen LogP contribution in [0, 0.1) is 11.6 Å². The maximum absolute atomic E-state index is 15.5. The lowest BCUT2D eigenvalue weighted by Crippen LogP contribution is -2.13. The van der Waals surface area contributed by atoms with Crippen molar-refractivity contribution in [2.75, 3.05) is 33.0 Å². The van der Waals surface area contributed by atoms with Crippen molar-refractivity contribution in [1.82, 2.24) is 19.9 Å². The van der Waals surface area contributed by atoms with Crippen molar-refractivity contribution < 1.29 is 46.8 Å². The second-order valence-corrected chi connectivity index (χ2v) is 26.4. The number of hydrogen-bond acceptors (Lipinski definition) is 12. The summed E-state index contributed by atoms with van der Waals surface area (Å²) in [5, 5.41) is 0. The molecular weight excluding hydrogens is 1250 g/mol. The quantitative estimate of drug-likeness (QED) is 0.0204. The molecule has 534 valence electrons. The first-order chi connectivity index (χ1) is 49.2. The van der Waals surface area contributed by atoms with Gasteiger partial charge in [0.2, 0.25) is 0 Å². The molecule has 0 aliphatic heterocycles. The number of unbranched alkanes of at least 4 members (excludes halogenated alkanes) is 22. The van der Waals surface area contributed by atoms with Crippen molar-refractivity contribution >= 4 is 11.9 Å². The summed E-state index contributed by atoms with van der Waals surface area (Å²) < 4.78 is 66.9. The molecule has 0 atom stereocenters. The van der Waals surface area contributed by atoms with Crippen LogP contribution in [0.15, 0.2) is 152 Å². The van der Waals surface area contributed by atoms with E-state index >= 15 is 8.78 Å². The highest BCUT2D eigenvalue weighted by Crippen LogP contribution is 2.34. The number of esters is 2. The second kappa shape index (κ2) is 45.3. The lowest BCUT2D eigenvalue weighted by Gasteiger charge is -2.13. The Kier molecular flexibility index (Phi) is 35.0. The molecule has 0 spiro atoms. The fraction of sp³-hybridized carbons (Fsp3) is 0.465. The highest BCUT2D eigenvalue weighted by Gasteiger charge is 2.20. The fourth-order valence-electron chi connectivity index (χ4n) is 12.1. The molecule has 0 unspecified atom stereocenters. The lowest BCUT2D eigenvalue weighted by atomic mass is 9.97. The molecule has 0 aliphatic rings. The molecular formula is C86H108F2N4O8. The highest BCUT2D eigenvalue weighted by atomic mass is 19.2. The number of carbonyl (C=O) groups is 2. The molecule has 8 rings (SSSR count). The van der Waals surface area contributed by atoms with Gasteiger partial charge >= 0.3 is 11.9 Å². The Balaban J connectivity index is 0.736. The third kappa shape index (κ3) is 27.5. The maximum atomic E-state index is 15.5. The molecule has 0 amide bonds. The average Bonchev–Trinajstić information content (AvgIpc) is 0.803. The van der Waals surface area contributed by atoms with Gasteiger partial charge < -0.3 is 28.4 Å². The van der Waals surface area contributed by atoms with Gasteiger partial charge in [0, 0.05) is 59.5 Å². The summed E-state index contributed by atoms with van der Waals surface area (Å²) in [7, 11) is 0. The Morgan fingerprint density at radius 1 is 0.340 bits per heavy atom. The van der Waals surface area contributed by atoms with E-state index in [0.29, 0.717) is 73.5 Å². The van der Waals surface area contributed by atoms with Crippen molar-refractivity contribution in [3.63, 3.8) is 0 Å². The van der Waals surface area contributed by atoms with Crippen molar-refractivity contribution in [1.29, 1.82) is 0 Å². The zero-order valence-corrected chi connectivity index (χ0v) is 59.9. The van der Waals surface area contributed by atoms with Gasteiger partial charge in [-0.2, -0.15) is 0 Å². The van der Waals surface area contributed by atoms with Crippen molar-refractivity contribution in [2.24, 2.45) is 0 Å². The van der Waals surface area contributed by atoms with Crippen LogP contribution in [0.1, 0.15) is 234 Å². The molecule has 0 aliphatic carbocycles. The summed E-state index contributed by atoms with van der Waals surface area (Å²) in [5.41, 5.74) is 7.25. The normalized spacial score (nSPS) is 11.2. The van der Waals surface area contributed by atoms with Crippen LogP contribution in [0.5, 0.6) is 28.7 Å². The summed E-state index contributed by atoms with van der Waals surface area (Å²) >= 11 is 0. The zero-order chi connectivity index (χ0) is 70.0. The number of rotatable bonds is 50. The molecule has 0 fully saturated rings. The predicted octanol–water partition coefficient (Wildman–Crippen LogP) is 22.9. The Morgan fingerprint density at radius 3 is 1.12 bits per heavy atom. The van der Waals surface area contributed by atoms with E-state index < -0.39 is 23.6 Å². The van der Waals surface area contributed by atoms with Crippen LogP contribution in [0.25, 0.3) is 45.0 Å². The van der Waals surface area contributed by atoms with Gasteiger partial charge in [0.25, 0.3) is 0 Å². The second-order valence-electron chi connectivity index (χ2n) is 26.4. The Bertz CT molecular complexity index is 3590. The number of halogens is 2. The van der Waals surface area contributed by atoms with Gasteiger partial charge in [-0.3, -0.25) is 4.79 Å². The first-order valence-electron chi connectivity index (χ1n) is 37.7. The third-order valence-electron chi connectivity index (χ3n) is 18.2. The monoisotopic (exact) mass is 1360 g/mol. The smallest absolute Gasteiger partial charge is 0.341 e. The van der Waals surface area contributed by atoms with E-state index in [9.17, 15) is 9.59 Å². The average molecular weight is 1360 g/mol. The van der Waals surface area contributed by atoms with Gasteiger partial charge in [0.05, 0.1) is 33.0 Å². The fourth-order valence-corrected chi connectivity index (χ4v) is 12.1. The van der Waals surface area contributed by atoms with Crippen LogP contribution in [-0.4, -0.2) is 64.9 Å². The van der Waals surface area contributed by atoms with Gasteiger partial charge in [-0.25, -0.2) is 33.5 Å². The largest absolute Gasteiger partial charge is 0.494 e. The minimum Gasteiger partial charge on any atom is -0.494 e. The molecule has 0 radical (unpaired) electrons. The molecule has 8 aromatic rings. The molecule has 12 nitrogen and oxygen atoms in total. The number of benzene rings is 6. The molecule has 100 heavy (non-hydrogen) atoms. The lowest BCUT2D eigenvalue weighted by molar-refractivity contribution is -0.134. The number of carbonyl (C=O) groups excluding carboxylic acids is 2. The van der Waals surface area contributed by atoms with E-state index in [1.165, 1.54) is 113 Å². The number of aromatic nitrogens is 4. The van der Waals surface area contributed by atoms with Gasteiger partial charge in [0.1, 0.15) is 34.3 Å². The minimum absolute atomic E-state index is 0.106. The predicted molar refractivity (Wildman–Crippen MR) is 399 cm³/mol. The van der Waals surface area contributed by atoms with Gasteiger partial charge in [-0.05, 0) is 203 Å². The molecule has 2 aromatic heterocycles. The molecule has 14 heteroatoms. The molecule has 2 heterocycles. The van der Waals surface area contributed by atoms with Gasteiger partial charge in [-0.1, -0.05) is 166 Å². The van der Waals surface area contributed by atoms with Crippen LogP contribution in [0.2, 0.25) is 0 Å². The molecule has 0 bridgehead atoms. The number of aryl methyl sites for hydroxylation is 3. The Labute approximate surface area is 594 Å². The van der Waals surface area contributed by atoms with Crippen molar-refractivity contribution in [3.8, 4) is 73.8 Å². The van der Waals surface area contributed by atoms with Gasteiger partial charge in [-0.15, -0.1) is 0 Å². The topological polar surface area (TPSA) is 141 Å². The Hall–Kier alpha value is -8.52. The van der Waals surface area contributed by atoms with E-state index in [4.69, 9.17) is 28.4 Å². The van der Waals surface area contributed by atoms with Crippen LogP contribution in [-0.2, 0) is 28.8 Å². The first-order valence-corrected chi connectivity index (χ1v) is 37.7. The number of nitrogens with zero attached hydrogens (tertiary/aromatic N) is 4. The van der Waals surface area contributed by atoms with E-state index in [2.05, 4.69) is 40.7 Å². The van der Waals surface area contributed by atoms with Crippen LogP contribution in [0.4, 0.5) is 8.78 Å². The summed E-state index contributed by atoms with van der Waals surface area (Å²) in [5.74, 6) is 1.47. The molecule has 0 saturated heterocycles. The zero-order valence-electron chi connectivity index (χ0n) is 59.9. The first kappa shape index (κ1) is 77.2. The molecule has 0 saturated carbocycles. The van der Waals surface area contributed by atoms with E-state index in [1.807, 2.05) is 97.6 Å². The summed E-state index contributed by atoms with van der Waals surface area (Å²) in [6, 6.07) is 38.8. The van der Waals surface area contributed by atoms with Crippen LogP contribution in [0.3, 0.4) is 0 Å². The van der Waals surface area contributed by atoms with E-state index in [0.717, 1.165) is 113 Å². The molecule has 6 aromatic carbocycles. The van der Waals surface area contributed by atoms with Crippen LogP contribution >= 0.6 is 0 Å². The summed E-state index contributed by atoms with van der Waals surface area (Å²) in [6.07, 6.45) is 40.6. The number of ether oxygens (including phenoxy) is 6. The third-order valence-corrected chi connectivity index (χ3v) is 18.2. The number of hydrogen-bond donors (Lipinski definition) is 0. The van der Waals surface area contributed by atoms with Crippen LogP contribution < -0.4 is 23.7 Å². The van der Waals surface area contributed by atoms with E-state index in [1.54, 1.807) is 54.6 Å². The SMILES string of the molecule is CCCCCCCCc1cnc(-c2ccc(OCCCCCCOC(=O)c3ccc(OCCCCCCOc4ccc(-c5ncc(CCCCCCCC)cn5)cc4)cc3OC(=O)CCCCCCOc3ccc(-c4ccc(-c5ccc(CCCCCC)cc5)c(F)c4F)cc3)cc2)nc1.